The highest BCUT2D eigenvalue weighted by atomic mass is 35.5. The molecule has 0 heterocycles. The van der Waals surface area contributed by atoms with Crippen LogP contribution in [0.4, 0.5) is 4.39 Å². The molecule has 1 nitrogen and oxygen atoms in total. The van der Waals surface area contributed by atoms with Crippen molar-refractivity contribution in [3.8, 4) is 0 Å². The Morgan fingerprint density at radius 3 is 2.73 bits per heavy atom. The topological polar surface area (TPSA) is 9.23 Å². The van der Waals surface area contributed by atoms with Crippen molar-refractivity contribution >= 4 is 11.6 Å². The number of ether oxygens (including phenoxy) is 1. The normalized spacial score (nSPS) is 55.4. The first-order valence-corrected chi connectivity index (χ1v) is 4.46. The maximum Gasteiger partial charge on any atom is 0.218 e. The molecule has 0 aliphatic heterocycles. The van der Waals surface area contributed by atoms with Crippen LogP contribution in [0.5, 0.6) is 0 Å². The number of alkyl halides is 2. The minimum atomic E-state index is -1.56. The molecule has 0 amide bonds. The average Bonchev–Trinajstić information content (AvgIpc) is 2.52. The first kappa shape index (κ1) is 7.81. The summed E-state index contributed by atoms with van der Waals surface area (Å²) < 4.78 is 18.6. The minimum Gasteiger partial charge on any atom is -0.373 e. The third-order valence-corrected chi connectivity index (χ3v) is 3.72. The van der Waals surface area contributed by atoms with E-state index in [2.05, 4.69) is 0 Å². The first-order chi connectivity index (χ1) is 5.15. The van der Waals surface area contributed by atoms with Gasteiger partial charge < -0.3 is 4.74 Å². The lowest BCUT2D eigenvalue weighted by Gasteiger charge is -2.18. The van der Waals surface area contributed by atoms with Crippen LogP contribution in [-0.4, -0.2) is 17.8 Å². The quantitative estimate of drug-likeness (QED) is 0.561. The van der Waals surface area contributed by atoms with Crippen molar-refractivity contribution < 1.29 is 9.13 Å². The SMILES string of the molecule is CO[C@]12CCCC[C@@H]1[C@@]2(F)Cl. The smallest absolute Gasteiger partial charge is 0.218 e. The molecule has 0 bridgehead atoms. The fourth-order valence-electron chi connectivity index (χ4n) is 2.38. The third kappa shape index (κ3) is 0.748. The van der Waals surface area contributed by atoms with Gasteiger partial charge in [0.15, 0.2) is 0 Å². The maximum absolute atomic E-state index is 13.5. The third-order valence-electron chi connectivity index (χ3n) is 3.14. The van der Waals surface area contributed by atoms with Gasteiger partial charge in [-0.3, -0.25) is 0 Å². The van der Waals surface area contributed by atoms with Gasteiger partial charge in [0.05, 0.1) is 0 Å². The van der Waals surface area contributed by atoms with Gasteiger partial charge in [0.25, 0.3) is 0 Å². The van der Waals surface area contributed by atoms with Crippen molar-refractivity contribution in [2.75, 3.05) is 7.11 Å². The number of fused-ring (bicyclic) bond motifs is 1. The van der Waals surface area contributed by atoms with Crippen LogP contribution in [0.2, 0.25) is 0 Å². The van der Waals surface area contributed by atoms with E-state index in [-0.39, 0.29) is 5.92 Å². The van der Waals surface area contributed by atoms with Crippen molar-refractivity contribution in [3.05, 3.63) is 0 Å². The molecule has 0 N–H and O–H groups in total. The first-order valence-electron chi connectivity index (χ1n) is 4.08. The Labute approximate surface area is 70.9 Å². The molecule has 0 saturated heterocycles. The largest absolute Gasteiger partial charge is 0.373 e. The van der Waals surface area contributed by atoms with Crippen LogP contribution >= 0.6 is 11.6 Å². The van der Waals surface area contributed by atoms with Crippen LogP contribution in [0.25, 0.3) is 0 Å². The van der Waals surface area contributed by atoms with Crippen LogP contribution < -0.4 is 0 Å². The van der Waals surface area contributed by atoms with Gasteiger partial charge in [-0.15, -0.1) is 0 Å². The van der Waals surface area contributed by atoms with Crippen LogP contribution in [0.3, 0.4) is 0 Å². The molecule has 0 spiro atoms. The fraction of sp³-hybridized carbons (Fsp3) is 1.00. The second-order valence-electron chi connectivity index (χ2n) is 3.51. The van der Waals surface area contributed by atoms with Crippen molar-refractivity contribution in [2.45, 2.75) is 36.4 Å². The highest BCUT2D eigenvalue weighted by molar-refractivity contribution is 6.26. The van der Waals surface area contributed by atoms with Gasteiger partial charge in [0, 0.05) is 13.0 Å². The summed E-state index contributed by atoms with van der Waals surface area (Å²) in [5, 5.41) is -1.56. The van der Waals surface area contributed by atoms with E-state index < -0.39 is 10.7 Å². The molecule has 3 heteroatoms. The molecule has 0 unspecified atom stereocenters. The molecule has 2 saturated carbocycles. The molecule has 0 aromatic heterocycles. The number of hydrogen-bond acceptors (Lipinski definition) is 1. The van der Waals surface area contributed by atoms with Crippen molar-refractivity contribution in [3.63, 3.8) is 0 Å². The summed E-state index contributed by atoms with van der Waals surface area (Å²) in [4.78, 5) is 0. The van der Waals surface area contributed by atoms with E-state index in [1.165, 1.54) is 0 Å². The molecule has 2 aliphatic carbocycles. The standard InChI is InChI=1S/C8H12ClFO/c1-11-7-5-3-2-4-6(7)8(7,9)10/h6H,2-5H2,1H3/t6-,7+,8-/m0/s1. The predicted molar refractivity (Wildman–Crippen MR) is 41.4 cm³/mol. The van der Waals surface area contributed by atoms with Gasteiger partial charge in [-0.25, -0.2) is 4.39 Å². The lowest BCUT2D eigenvalue weighted by Crippen LogP contribution is -2.22. The zero-order chi connectivity index (χ0) is 8.11. The summed E-state index contributed by atoms with van der Waals surface area (Å²) in [6.45, 7) is 0. The zero-order valence-corrected chi connectivity index (χ0v) is 7.33. The van der Waals surface area contributed by atoms with E-state index in [0.717, 1.165) is 25.7 Å². The Balaban J connectivity index is 2.20. The second-order valence-corrected chi connectivity index (χ2v) is 4.07. The minimum absolute atomic E-state index is 0.0459. The molecule has 2 rings (SSSR count). The number of hydrogen-bond donors (Lipinski definition) is 0. The lowest BCUT2D eigenvalue weighted by molar-refractivity contribution is 0.0244. The Hall–Kier alpha value is 0.180. The number of methoxy groups -OCH3 is 1. The molecule has 0 aromatic rings. The molecule has 0 radical (unpaired) electrons. The number of rotatable bonds is 1. The van der Waals surface area contributed by atoms with Gasteiger partial charge in [-0.1, -0.05) is 24.4 Å². The summed E-state index contributed by atoms with van der Waals surface area (Å²) in [5.74, 6) is -0.0459. The van der Waals surface area contributed by atoms with Crippen LogP contribution in [-0.2, 0) is 4.74 Å². The Bertz CT molecular complexity index is 183. The second kappa shape index (κ2) is 2.11. The van der Waals surface area contributed by atoms with E-state index in [9.17, 15) is 4.39 Å². The molecule has 11 heavy (non-hydrogen) atoms. The van der Waals surface area contributed by atoms with Crippen LogP contribution in [0.1, 0.15) is 25.7 Å². The van der Waals surface area contributed by atoms with Gasteiger partial charge >= 0.3 is 0 Å². The zero-order valence-electron chi connectivity index (χ0n) is 6.57. The van der Waals surface area contributed by atoms with Crippen molar-refractivity contribution in [2.24, 2.45) is 5.92 Å². The maximum atomic E-state index is 13.5. The van der Waals surface area contributed by atoms with E-state index in [0.29, 0.717) is 0 Å². The molecule has 3 atom stereocenters. The Morgan fingerprint density at radius 2 is 2.27 bits per heavy atom. The summed E-state index contributed by atoms with van der Waals surface area (Å²) >= 11 is 5.68. The Morgan fingerprint density at radius 1 is 1.55 bits per heavy atom. The summed E-state index contributed by atoms with van der Waals surface area (Å²) in [7, 11) is 1.56. The Kier molecular flexibility index (Phi) is 1.50. The molecular weight excluding hydrogens is 167 g/mol. The molecule has 0 aromatic carbocycles. The van der Waals surface area contributed by atoms with E-state index in [1.807, 2.05) is 0 Å². The van der Waals surface area contributed by atoms with Gasteiger partial charge in [0.1, 0.15) is 5.60 Å². The van der Waals surface area contributed by atoms with Gasteiger partial charge in [-0.2, -0.15) is 0 Å². The predicted octanol–water partition coefficient (Wildman–Crippen LogP) is 2.48. The van der Waals surface area contributed by atoms with E-state index >= 15 is 0 Å². The van der Waals surface area contributed by atoms with Crippen LogP contribution in [0, 0.1) is 5.92 Å². The van der Waals surface area contributed by atoms with Gasteiger partial charge in [-0.05, 0) is 12.8 Å². The average molecular weight is 179 g/mol. The van der Waals surface area contributed by atoms with Crippen molar-refractivity contribution in [1.82, 2.24) is 0 Å². The van der Waals surface area contributed by atoms with Crippen LogP contribution in [0.15, 0.2) is 0 Å². The molecule has 2 fully saturated rings. The van der Waals surface area contributed by atoms with E-state index in [1.54, 1.807) is 7.11 Å². The monoisotopic (exact) mass is 178 g/mol. The summed E-state index contributed by atoms with van der Waals surface area (Å²) in [6.07, 6.45) is 3.80. The van der Waals surface area contributed by atoms with E-state index in [4.69, 9.17) is 16.3 Å². The highest BCUT2D eigenvalue weighted by Gasteiger charge is 2.79. The lowest BCUT2D eigenvalue weighted by atomic mass is 9.98. The van der Waals surface area contributed by atoms with Gasteiger partial charge in [0.2, 0.25) is 5.13 Å². The molecule has 64 valence electrons. The molecule has 2 aliphatic rings. The summed E-state index contributed by atoms with van der Waals surface area (Å²) in [5.41, 5.74) is -0.618. The number of halogens is 2. The summed E-state index contributed by atoms with van der Waals surface area (Å²) in [6, 6.07) is 0. The fourth-order valence-corrected chi connectivity index (χ4v) is 2.91. The van der Waals surface area contributed by atoms with Crippen molar-refractivity contribution in [1.29, 1.82) is 0 Å². The molecular formula is C8H12ClFO. The highest BCUT2D eigenvalue weighted by Crippen LogP contribution is 2.68.